The third-order valence-electron chi connectivity index (χ3n) is 7.27. The molecule has 3 heterocycles. The van der Waals surface area contributed by atoms with E-state index >= 15 is 0 Å². The molecule has 104 valence electrons. The van der Waals surface area contributed by atoms with Crippen molar-refractivity contribution in [3.8, 4) is 0 Å². The monoisotopic (exact) mass is 264 g/mol. The second-order valence-corrected chi connectivity index (χ2v) is 7.57. The fourth-order valence-corrected chi connectivity index (χ4v) is 6.44. The molecular weight excluding hydrogens is 244 g/mol. The lowest BCUT2D eigenvalue weighted by Crippen LogP contribution is -2.66. The van der Waals surface area contributed by atoms with Crippen molar-refractivity contribution in [3.63, 3.8) is 0 Å². The van der Waals surface area contributed by atoms with E-state index in [1.165, 1.54) is 19.3 Å². The number of rotatable bonds is 0. The van der Waals surface area contributed by atoms with Gasteiger partial charge in [-0.3, -0.25) is 0 Å². The Morgan fingerprint density at radius 3 is 2.00 bits per heavy atom. The summed E-state index contributed by atoms with van der Waals surface area (Å²) in [5.74, 6) is 0. The van der Waals surface area contributed by atoms with Crippen molar-refractivity contribution in [1.82, 2.24) is 0 Å². The van der Waals surface area contributed by atoms with Gasteiger partial charge < -0.3 is 19.3 Å². The van der Waals surface area contributed by atoms with Gasteiger partial charge in [-0.25, -0.2) is 0 Å². The van der Waals surface area contributed by atoms with Crippen molar-refractivity contribution in [3.05, 3.63) is 0 Å². The first-order chi connectivity index (χ1) is 9.19. The van der Waals surface area contributed by atoms with Crippen molar-refractivity contribution in [2.24, 2.45) is 0 Å². The summed E-state index contributed by atoms with van der Waals surface area (Å²) in [5.41, 5.74) is -1.26. The highest BCUT2D eigenvalue weighted by atomic mass is 16.8. The van der Waals surface area contributed by atoms with E-state index in [4.69, 9.17) is 14.2 Å². The van der Waals surface area contributed by atoms with Crippen molar-refractivity contribution in [2.45, 2.75) is 85.5 Å². The van der Waals surface area contributed by atoms with Gasteiger partial charge in [0.05, 0.1) is 6.61 Å². The molecule has 6 rings (SSSR count). The maximum atomic E-state index is 11.0. The van der Waals surface area contributed by atoms with Crippen LogP contribution in [0.4, 0.5) is 0 Å². The standard InChI is InChI=1S/C15H20O4/c16-10-11-5-1-2-6-13(11,18-11)15-8-4-3-7-14(15,19-15)12(10)9-17-12/h10,16H,1-9H2. The molecular formula is C15H20O4. The van der Waals surface area contributed by atoms with Crippen LogP contribution in [0.3, 0.4) is 0 Å². The van der Waals surface area contributed by atoms with Crippen molar-refractivity contribution >= 4 is 0 Å². The Morgan fingerprint density at radius 2 is 1.32 bits per heavy atom. The maximum absolute atomic E-state index is 11.0. The molecule has 19 heavy (non-hydrogen) atoms. The topological polar surface area (TPSA) is 57.8 Å². The minimum atomic E-state index is -0.478. The molecule has 0 aromatic carbocycles. The average molecular weight is 264 g/mol. The van der Waals surface area contributed by atoms with Gasteiger partial charge in [0.15, 0.2) is 5.60 Å². The summed E-state index contributed by atoms with van der Waals surface area (Å²) >= 11 is 0. The highest BCUT2D eigenvalue weighted by molar-refractivity contribution is 5.51. The zero-order valence-electron chi connectivity index (χ0n) is 11.1. The lowest BCUT2D eigenvalue weighted by molar-refractivity contribution is -0.0427. The minimum Gasteiger partial charge on any atom is -0.387 e. The molecule has 4 heteroatoms. The summed E-state index contributed by atoms with van der Waals surface area (Å²) in [7, 11) is 0. The first kappa shape index (κ1) is 10.6. The van der Waals surface area contributed by atoms with Crippen molar-refractivity contribution in [2.75, 3.05) is 6.61 Å². The van der Waals surface area contributed by atoms with Gasteiger partial charge in [-0.05, 0) is 25.7 Å². The summed E-state index contributed by atoms with van der Waals surface area (Å²) in [6.07, 6.45) is 8.54. The fourth-order valence-electron chi connectivity index (χ4n) is 6.44. The summed E-state index contributed by atoms with van der Waals surface area (Å²) in [4.78, 5) is 0. The Hall–Kier alpha value is -0.160. The molecule has 3 saturated heterocycles. The largest absolute Gasteiger partial charge is 0.387 e. The molecule has 3 aliphatic carbocycles. The van der Waals surface area contributed by atoms with Crippen molar-refractivity contribution < 1.29 is 19.3 Å². The van der Waals surface area contributed by atoms with Crippen LogP contribution in [0, 0.1) is 0 Å². The first-order valence-corrected chi connectivity index (χ1v) is 7.91. The van der Waals surface area contributed by atoms with Crippen LogP contribution >= 0.6 is 0 Å². The van der Waals surface area contributed by atoms with E-state index in [1.807, 2.05) is 0 Å². The Morgan fingerprint density at radius 1 is 0.737 bits per heavy atom. The highest BCUT2D eigenvalue weighted by Gasteiger charge is 3.03. The van der Waals surface area contributed by atoms with Gasteiger partial charge in [0.1, 0.15) is 28.5 Å². The minimum absolute atomic E-state index is 0.117. The van der Waals surface area contributed by atoms with E-state index in [1.54, 1.807) is 0 Å². The molecule has 3 saturated carbocycles. The third kappa shape index (κ3) is 0.720. The molecule has 0 radical (unpaired) electrons. The molecule has 0 amide bonds. The number of aliphatic hydroxyl groups is 1. The average Bonchev–Trinajstić information content (AvgIpc) is 3.34. The normalized spacial score (nSPS) is 71.5. The van der Waals surface area contributed by atoms with Crippen molar-refractivity contribution in [1.29, 1.82) is 0 Å². The molecule has 6 atom stereocenters. The zero-order chi connectivity index (χ0) is 12.6. The second kappa shape index (κ2) is 2.52. The predicted molar refractivity (Wildman–Crippen MR) is 64.7 cm³/mol. The number of epoxide rings is 3. The predicted octanol–water partition coefficient (Wildman–Crippen LogP) is 1.29. The van der Waals surface area contributed by atoms with Crippen LogP contribution < -0.4 is 0 Å². The summed E-state index contributed by atoms with van der Waals surface area (Å²) < 4.78 is 18.7. The van der Waals surface area contributed by atoms with Gasteiger partial charge in [-0.15, -0.1) is 0 Å². The molecule has 6 unspecified atom stereocenters. The molecule has 1 spiro atoms. The Labute approximate surface area is 112 Å². The Kier molecular flexibility index (Phi) is 1.40. The second-order valence-electron chi connectivity index (χ2n) is 7.57. The smallest absolute Gasteiger partial charge is 0.152 e. The third-order valence-corrected chi connectivity index (χ3v) is 7.27. The van der Waals surface area contributed by atoms with E-state index < -0.39 is 11.7 Å². The van der Waals surface area contributed by atoms with E-state index in [0.717, 1.165) is 32.1 Å². The zero-order valence-corrected chi connectivity index (χ0v) is 11.1. The molecule has 3 aliphatic heterocycles. The van der Waals surface area contributed by atoms with E-state index in [2.05, 4.69) is 0 Å². The number of hydrogen-bond acceptors (Lipinski definition) is 4. The number of hydrogen-bond donors (Lipinski definition) is 1. The van der Waals surface area contributed by atoms with Crippen LogP contribution in [0.5, 0.6) is 0 Å². The van der Waals surface area contributed by atoms with Crippen LogP contribution in [0.25, 0.3) is 0 Å². The van der Waals surface area contributed by atoms with Gasteiger partial charge in [0.2, 0.25) is 0 Å². The van der Waals surface area contributed by atoms with Crippen LogP contribution in [0.2, 0.25) is 0 Å². The van der Waals surface area contributed by atoms with Crippen LogP contribution in [0.1, 0.15) is 51.4 Å². The van der Waals surface area contributed by atoms with E-state index in [-0.39, 0.29) is 22.4 Å². The van der Waals surface area contributed by atoms with Gasteiger partial charge >= 0.3 is 0 Å². The molecule has 6 fully saturated rings. The molecule has 4 nitrogen and oxygen atoms in total. The molecule has 6 aliphatic rings. The SMILES string of the molecule is OC1C23CCCCC2(O3)C23CCCCC2(O3)C12CO2. The van der Waals surface area contributed by atoms with Gasteiger partial charge in [-0.1, -0.05) is 25.7 Å². The lowest BCUT2D eigenvalue weighted by atomic mass is 9.53. The summed E-state index contributed by atoms with van der Waals surface area (Å²) in [6, 6.07) is 0. The molecule has 0 aromatic rings. The Bertz CT molecular complexity index is 502. The highest BCUT2D eigenvalue weighted by Crippen LogP contribution is 2.85. The van der Waals surface area contributed by atoms with Gasteiger partial charge in [0.25, 0.3) is 0 Å². The van der Waals surface area contributed by atoms with E-state index in [9.17, 15) is 5.11 Å². The van der Waals surface area contributed by atoms with Gasteiger partial charge in [-0.2, -0.15) is 0 Å². The number of ether oxygens (including phenoxy) is 3. The lowest BCUT2D eigenvalue weighted by Gasteiger charge is -2.44. The summed E-state index contributed by atoms with van der Waals surface area (Å²) in [5, 5.41) is 11.0. The van der Waals surface area contributed by atoms with Gasteiger partial charge in [0, 0.05) is 0 Å². The first-order valence-electron chi connectivity index (χ1n) is 7.91. The van der Waals surface area contributed by atoms with Crippen LogP contribution in [-0.4, -0.2) is 45.8 Å². The van der Waals surface area contributed by atoms with E-state index in [0.29, 0.717) is 6.61 Å². The quantitative estimate of drug-likeness (QED) is 0.670. The fraction of sp³-hybridized carbons (Fsp3) is 1.00. The molecule has 1 N–H and O–H groups in total. The van der Waals surface area contributed by atoms with Crippen LogP contribution in [0.15, 0.2) is 0 Å². The summed E-state index contributed by atoms with van der Waals surface area (Å²) in [6.45, 7) is 0.664. The molecule has 0 bridgehead atoms. The van der Waals surface area contributed by atoms with Crippen LogP contribution in [-0.2, 0) is 14.2 Å². The Balaban J connectivity index is 1.59. The maximum Gasteiger partial charge on any atom is 0.152 e. The number of aliphatic hydroxyl groups excluding tert-OH is 1. The molecule has 0 aromatic heterocycles.